The van der Waals surface area contributed by atoms with Gasteiger partial charge in [0, 0.05) is 41.2 Å². The van der Waals surface area contributed by atoms with Crippen LogP contribution >= 0.6 is 23.4 Å². The van der Waals surface area contributed by atoms with Gasteiger partial charge in [-0.25, -0.2) is 13.4 Å². The molecule has 0 aliphatic rings. The Hall–Kier alpha value is -2.29. The number of aromatic nitrogens is 2. The number of hydrogen-bond acceptors (Lipinski definition) is 5. The number of carbonyl (C=O) groups excluding carboxylic acids is 1. The van der Waals surface area contributed by atoms with E-state index in [0.29, 0.717) is 21.8 Å². The van der Waals surface area contributed by atoms with Crippen LogP contribution in [0, 0.1) is 0 Å². The number of sulfone groups is 1. The summed E-state index contributed by atoms with van der Waals surface area (Å²) < 4.78 is 24.6. The summed E-state index contributed by atoms with van der Waals surface area (Å²) in [6.07, 6.45) is 4.72. The number of nitrogens with one attached hydrogen (secondary N) is 1. The molecule has 0 radical (unpaired) electrons. The fraction of sp³-hybridized carbons (Fsp3) is 0.158. The number of benzene rings is 2. The molecule has 0 aliphatic heterocycles. The van der Waals surface area contributed by atoms with Crippen molar-refractivity contribution in [2.75, 3.05) is 11.6 Å². The van der Waals surface area contributed by atoms with E-state index >= 15 is 0 Å². The molecule has 0 unspecified atom stereocenters. The first-order valence-corrected chi connectivity index (χ1v) is 11.5. The molecule has 1 heterocycles. The highest BCUT2D eigenvalue weighted by Gasteiger charge is 2.13. The smallest absolute Gasteiger partial charge is 0.255 e. The van der Waals surface area contributed by atoms with Gasteiger partial charge in [-0.3, -0.25) is 4.79 Å². The average molecular weight is 436 g/mol. The van der Waals surface area contributed by atoms with Gasteiger partial charge in [0.15, 0.2) is 15.0 Å². The maximum Gasteiger partial charge on any atom is 0.255 e. The van der Waals surface area contributed by atoms with Gasteiger partial charge in [0.1, 0.15) is 0 Å². The Balaban J connectivity index is 1.80. The van der Waals surface area contributed by atoms with E-state index in [0.717, 1.165) is 10.1 Å². The van der Waals surface area contributed by atoms with Gasteiger partial charge >= 0.3 is 0 Å². The van der Waals surface area contributed by atoms with Crippen molar-refractivity contribution in [1.29, 1.82) is 0 Å². The largest absolute Gasteiger partial charge is 0.329 e. The van der Waals surface area contributed by atoms with E-state index in [2.05, 4.69) is 10.3 Å². The van der Waals surface area contributed by atoms with E-state index in [9.17, 15) is 13.2 Å². The Morgan fingerprint density at radius 3 is 2.54 bits per heavy atom. The molecule has 1 amide bonds. The summed E-state index contributed by atoms with van der Waals surface area (Å²) >= 11 is 7.52. The van der Waals surface area contributed by atoms with E-state index in [1.807, 2.05) is 23.9 Å². The molecule has 9 heteroatoms. The Morgan fingerprint density at radius 1 is 1.21 bits per heavy atom. The number of aryl methyl sites for hydroxylation is 1. The summed E-state index contributed by atoms with van der Waals surface area (Å²) in [7, 11) is -1.23. The minimum absolute atomic E-state index is 0.0619. The van der Waals surface area contributed by atoms with Crippen molar-refractivity contribution in [2.24, 2.45) is 7.05 Å². The zero-order valence-corrected chi connectivity index (χ0v) is 17.6. The van der Waals surface area contributed by atoms with Crippen LogP contribution in [0.2, 0.25) is 5.02 Å². The zero-order valence-electron chi connectivity index (χ0n) is 15.2. The number of imidazole rings is 1. The van der Waals surface area contributed by atoms with Crippen LogP contribution in [0.4, 0.5) is 5.69 Å². The lowest BCUT2D eigenvalue weighted by molar-refractivity contribution is 0.102. The number of carbonyl (C=O) groups is 1. The van der Waals surface area contributed by atoms with Gasteiger partial charge in [-0.15, -0.1) is 0 Å². The third kappa shape index (κ3) is 5.37. The van der Waals surface area contributed by atoms with Crippen LogP contribution in [0.15, 0.2) is 64.9 Å². The van der Waals surface area contributed by atoms with E-state index in [1.165, 1.54) is 18.0 Å². The Labute approximate surface area is 172 Å². The first kappa shape index (κ1) is 20.4. The molecule has 1 N–H and O–H groups in total. The van der Waals surface area contributed by atoms with E-state index < -0.39 is 9.84 Å². The van der Waals surface area contributed by atoms with Crippen molar-refractivity contribution in [2.45, 2.75) is 15.8 Å². The van der Waals surface area contributed by atoms with Gasteiger partial charge in [0.25, 0.3) is 5.91 Å². The maximum absolute atomic E-state index is 12.6. The zero-order chi connectivity index (χ0) is 20.3. The Bertz CT molecular complexity index is 1110. The highest BCUT2D eigenvalue weighted by atomic mass is 35.5. The third-order valence-electron chi connectivity index (χ3n) is 3.81. The first-order valence-electron chi connectivity index (χ1n) is 8.24. The second-order valence-corrected chi connectivity index (χ2v) is 9.87. The molecule has 0 fully saturated rings. The van der Waals surface area contributed by atoms with E-state index in [4.69, 9.17) is 11.6 Å². The van der Waals surface area contributed by atoms with Crippen molar-refractivity contribution in [1.82, 2.24) is 9.55 Å². The van der Waals surface area contributed by atoms with E-state index in [-0.39, 0.29) is 11.7 Å². The van der Waals surface area contributed by atoms with E-state index in [1.54, 1.807) is 42.6 Å². The first-order chi connectivity index (χ1) is 13.2. The minimum Gasteiger partial charge on any atom is -0.329 e. The molecule has 0 bridgehead atoms. The van der Waals surface area contributed by atoms with Gasteiger partial charge in [0.2, 0.25) is 0 Å². The van der Waals surface area contributed by atoms with Crippen molar-refractivity contribution in [3.05, 3.63) is 71.0 Å². The van der Waals surface area contributed by atoms with Crippen molar-refractivity contribution in [3.8, 4) is 0 Å². The SMILES string of the molecule is Cn1ccnc1Sc1ccc(Cl)cc1NC(=O)c1ccc(CS(C)(=O)=O)cc1. The number of nitrogens with zero attached hydrogens (tertiary/aromatic N) is 2. The molecule has 6 nitrogen and oxygen atoms in total. The molecule has 0 saturated heterocycles. The Kier molecular flexibility index (Phi) is 6.12. The third-order valence-corrected chi connectivity index (χ3v) is 6.06. The molecule has 0 atom stereocenters. The molecule has 2 aromatic carbocycles. The topological polar surface area (TPSA) is 81.1 Å². The van der Waals surface area contributed by atoms with Crippen LogP contribution in [-0.4, -0.2) is 30.1 Å². The second-order valence-electron chi connectivity index (χ2n) is 6.28. The van der Waals surface area contributed by atoms with Crippen molar-refractivity contribution < 1.29 is 13.2 Å². The lowest BCUT2D eigenvalue weighted by Gasteiger charge is -2.12. The highest BCUT2D eigenvalue weighted by Crippen LogP contribution is 2.34. The summed E-state index contributed by atoms with van der Waals surface area (Å²) in [6, 6.07) is 11.7. The highest BCUT2D eigenvalue weighted by molar-refractivity contribution is 7.99. The van der Waals surface area contributed by atoms with Gasteiger partial charge < -0.3 is 9.88 Å². The van der Waals surface area contributed by atoms with Crippen LogP contribution in [-0.2, 0) is 22.6 Å². The lowest BCUT2D eigenvalue weighted by Crippen LogP contribution is -2.13. The molecular formula is C19H18ClN3O3S2. The molecule has 28 heavy (non-hydrogen) atoms. The normalized spacial score (nSPS) is 11.4. The van der Waals surface area contributed by atoms with Gasteiger partial charge in [0.05, 0.1) is 11.4 Å². The van der Waals surface area contributed by atoms with Crippen molar-refractivity contribution in [3.63, 3.8) is 0 Å². The molecule has 0 aliphatic carbocycles. The predicted octanol–water partition coefficient (Wildman–Crippen LogP) is 4.02. The molecule has 1 aromatic heterocycles. The molecule has 0 saturated carbocycles. The molecule has 3 aromatic rings. The minimum atomic E-state index is -3.12. The summed E-state index contributed by atoms with van der Waals surface area (Å²) in [5.74, 6) is -0.372. The lowest BCUT2D eigenvalue weighted by atomic mass is 10.1. The van der Waals surface area contributed by atoms with Gasteiger partial charge in [-0.2, -0.15) is 0 Å². The van der Waals surface area contributed by atoms with Gasteiger partial charge in [-0.05, 0) is 47.7 Å². The van der Waals surface area contributed by atoms with Crippen LogP contribution in [0.1, 0.15) is 15.9 Å². The summed E-state index contributed by atoms with van der Waals surface area (Å²) in [5.41, 5.74) is 1.63. The molecule has 146 valence electrons. The maximum atomic E-state index is 12.6. The second kappa shape index (κ2) is 8.38. The number of anilines is 1. The fourth-order valence-electron chi connectivity index (χ4n) is 2.49. The molecular weight excluding hydrogens is 418 g/mol. The standard InChI is InChI=1S/C19H18ClN3O3S2/c1-23-10-9-21-19(23)27-17-8-7-15(20)11-16(17)22-18(24)14-5-3-13(4-6-14)12-28(2,25)26/h3-11H,12H2,1-2H3,(H,22,24). The predicted molar refractivity (Wildman–Crippen MR) is 112 cm³/mol. The average Bonchev–Trinajstić information content (AvgIpc) is 3.01. The number of amides is 1. The fourth-order valence-corrected chi connectivity index (χ4v) is 4.33. The Morgan fingerprint density at radius 2 is 1.93 bits per heavy atom. The van der Waals surface area contributed by atoms with Crippen LogP contribution in [0.25, 0.3) is 0 Å². The van der Waals surface area contributed by atoms with Crippen LogP contribution < -0.4 is 5.32 Å². The monoisotopic (exact) mass is 435 g/mol. The van der Waals surface area contributed by atoms with Crippen LogP contribution in [0.5, 0.6) is 0 Å². The molecule has 0 spiro atoms. The quantitative estimate of drug-likeness (QED) is 0.632. The molecule has 3 rings (SSSR count). The number of hydrogen-bond donors (Lipinski definition) is 1. The number of halogens is 1. The number of rotatable bonds is 6. The van der Waals surface area contributed by atoms with Gasteiger partial charge in [-0.1, -0.05) is 23.7 Å². The van der Waals surface area contributed by atoms with Crippen LogP contribution in [0.3, 0.4) is 0 Å². The summed E-state index contributed by atoms with van der Waals surface area (Å²) in [6.45, 7) is 0. The summed E-state index contributed by atoms with van der Waals surface area (Å²) in [5, 5.41) is 4.15. The van der Waals surface area contributed by atoms with Crippen molar-refractivity contribution >= 4 is 44.8 Å². The summed E-state index contributed by atoms with van der Waals surface area (Å²) in [4.78, 5) is 17.7.